The molecule has 110 valence electrons. The number of carbonyl (C=O) groups excluding carboxylic acids is 1. The van der Waals surface area contributed by atoms with E-state index in [1.165, 1.54) is 12.1 Å². The third-order valence-electron chi connectivity index (χ3n) is 3.82. The molecule has 0 spiro atoms. The molecule has 1 aliphatic rings. The van der Waals surface area contributed by atoms with Gasteiger partial charge in [0, 0.05) is 17.2 Å². The van der Waals surface area contributed by atoms with E-state index in [-0.39, 0.29) is 42.4 Å². The number of halogens is 4. The highest BCUT2D eigenvalue weighted by Gasteiger charge is 2.42. The molecule has 1 fully saturated rings. The summed E-state index contributed by atoms with van der Waals surface area (Å²) in [5, 5.41) is 0.257. The average molecular weight is 306 g/mol. The van der Waals surface area contributed by atoms with Gasteiger partial charge >= 0.3 is 6.18 Å². The SMILES string of the molecule is Nc1ccc(C(=O)C2CCC(C(F)(F)F)CC2)c(Cl)c1. The first-order valence-electron chi connectivity index (χ1n) is 6.45. The number of rotatable bonds is 2. The molecule has 1 aromatic rings. The Kier molecular flexibility index (Phi) is 4.28. The molecule has 0 saturated heterocycles. The Morgan fingerprint density at radius 1 is 1.20 bits per heavy atom. The number of carbonyl (C=O) groups is 1. The summed E-state index contributed by atoms with van der Waals surface area (Å²) in [6.07, 6.45) is -3.64. The van der Waals surface area contributed by atoms with E-state index in [1.54, 1.807) is 6.07 Å². The number of benzene rings is 1. The minimum atomic E-state index is -4.16. The van der Waals surface area contributed by atoms with Crippen molar-refractivity contribution in [3.05, 3.63) is 28.8 Å². The van der Waals surface area contributed by atoms with Crippen LogP contribution in [0.1, 0.15) is 36.0 Å². The normalized spacial score (nSPS) is 23.6. The molecule has 1 aliphatic carbocycles. The lowest BCUT2D eigenvalue weighted by Crippen LogP contribution is -2.30. The quantitative estimate of drug-likeness (QED) is 0.647. The second-order valence-electron chi connectivity index (χ2n) is 5.19. The van der Waals surface area contributed by atoms with Crippen LogP contribution in [0.2, 0.25) is 5.02 Å². The molecule has 2 nitrogen and oxygen atoms in total. The zero-order valence-corrected chi connectivity index (χ0v) is 11.5. The molecule has 0 amide bonds. The van der Waals surface area contributed by atoms with Crippen LogP contribution in [0.5, 0.6) is 0 Å². The average Bonchev–Trinajstić information content (AvgIpc) is 2.37. The highest BCUT2D eigenvalue weighted by atomic mass is 35.5. The van der Waals surface area contributed by atoms with Gasteiger partial charge in [0.25, 0.3) is 0 Å². The molecular formula is C14H15ClF3NO. The summed E-state index contributed by atoms with van der Waals surface area (Å²) in [6.45, 7) is 0. The van der Waals surface area contributed by atoms with Gasteiger partial charge in [-0.15, -0.1) is 0 Å². The van der Waals surface area contributed by atoms with Crippen LogP contribution in [-0.2, 0) is 0 Å². The van der Waals surface area contributed by atoms with Crippen LogP contribution < -0.4 is 5.73 Å². The number of nitrogens with two attached hydrogens (primary N) is 1. The molecule has 1 aromatic carbocycles. The number of ketones is 1. The van der Waals surface area contributed by atoms with E-state index < -0.39 is 12.1 Å². The van der Waals surface area contributed by atoms with E-state index in [1.807, 2.05) is 0 Å². The molecule has 0 atom stereocenters. The molecule has 0 unspecified atom stereocenters. The first kappa shape index (κ1) is 15.2. The Balaban J connectivity index is 2.05. The molecule has 6 heteroatoms. The number of alkyl halides is 3. The van der Waals surface area contributed by atoms with Crippen LogP contribution in [-0.4, -0.2) is 12.0 Å². The summed E-state index contributed by atoms with van der Waals surface area (Å²) < 4.78 is 37.7. The molecule has 0 aliphatic heterocycles. The van der Waals surface area contributed by atoms with Crippen LogP contribution in [0.25, 0.3) is 0 Å². The Morgan fingerprint density at radius 3 is 2.30 bits per heavy atom. The summed E-state index contributed by atoms with van der Waals surface area (Å²) in [5.41, 5.74) is 6.35. The van der Waals surface area contributed by atoms with Crippen LogP contribution in [0.3, 0.4) is 0 Å². The summed E-state index contributed by atoms with van der Waals surface area (Å²) >= 11 is 5.96. The molecule has 0 bridgehead atoms. The van der Waals surface area contributed by atoms with Gasteiger partial charge in [-0.3, -0.25) is 4.79 Å². The summed E-state index contributed by atoms with van der Waals surface area (Å²) in [7, 11) is 0. The molecule has 0 radical (unpaired) electrons. The third-order valence-corrected chi connectivity index (χ3v) is 4.13. The van der Waals surface area contributed by atoms with Gasteiger partial charge in [0.15, 0.2) is 5.78 Å². The van der Waals surface area contributed by atoms with Crippen LogP contribution in [0, 0.1) is 11.8 Å². The molecule has 20 heavy (non-hydrogen) atoms. The second-order valence-corrected chi connectivity index (χ2v) is 5.60. The highest BCUT2D eigenvalue weighted by Crippen LogP contribution is 2.40. The topological polar surface area (TPSA) is 43.1 Å². The van der Waals surface area contributed by atoms with Crippen molar-refractivity contribution in [2.24, 2.45) is 11.8 Å². The Morgan fingerprint density at radius 2 is 1.80 bits per heavy atom. The van der Waals surface area contributed by atoms with Crippen molar-refractivity contribution < 1.29 is 18.0 Å². The maximum Gasteiger partial charge on any atom is 0.391 e. The third kappa shape index (κ3) is 3.26. The maximum absolute atomic E-state index is 12.6. The van der Waals surface area contributed by atoms with Crippen LogP contribution >= 0.6 is 11.6 Å². The lowest BCUT2D eigenvalue weighted by molar-refractivity contribution is -0.183. The summed E-state index contributed by atoms with van der Waals surface area (Å²) in [4.78, 5) is 12.3. The Labute approximate surface area is 120 Å². The largest absolute Gasteiger partial charge is 0.399 e. The highest BCUT2D eigenvalue weighted by molar-refractivity contribution is 6.34. The zero-order chi connectivity index (χ0) is 14.9. The van der Waals surface area contributed by atoms with E-state index in [4.69, 9.17) is 17.3 Å². The molecule has 2 rings (SSSR count). The summed E-state index contributed by atoms with van der Waals surface area (Å²) in [6, 6.07) is 4.59. The minimum absolute atomic E-state index is 0.00645. The van der Waals surface area contributed by atoms with Crippen molar-refractivity contribution in [3.8, 4) is 0 Å². The van der Waals surface area contributed by atoms with Gasteiger partial charge < -0.3 is 5.73 Å². The number of nitrogen functional groups attached to an aromatic ring is 1. The van der Waals surface area contributed by atoms with E-state index in [0.717, 1.165) is 0 Å². The van der Waals surface area contributed by atoms with E-state index >= 15 is 0 Å². The monoisotopic (exact) mass is 305 g/mol. The van der Waals surface area contributed by atoms with Crippen molar-refractivity contribution in [3.63, 3.8) is 0 Å². The van der Waals surface area contributed by atoms with Crippen molar-refractivity contribution in [2.75, 3.05) is 5.73 Å². The van der Waals surface area contributed by atoms with Crippen molar-refractivity contribution in [1.29, 1.82) is 0 Å². The molecule has 0 heterocycles. The predicted molar refractivity (Wildman–Crippen MR) is 71.7 cm³/mol. The fourth-order valence-corrected chi connectivity index (χ4v) is 2.92. The van der Waals surface area contributed by atoms with E-state index in [0.29, 0.717) is 11.3 Å². The first-order chi connectivity index (χ1) is 9.29. The number of hydrogen-bond donors (Lipinski definition) is 1. The van der Waals surface area contributed by atoms with Gasteiger partial charge in [0.1, 0.15) is 0 Å². The first-order valence-corrected chi connectivity index (χ1v) is 6.83. The lowest BCUT2D eigenvalue weighted by atomic mass is 9.78. The molecule has 2 N–H and O–H groups in total. The zero-order valence-electron chi connectivity index (χ0n) is 10.7. The summed E-state index contributed by atoms with van der Waals surface area (Å²) in [5.74, 6) is -1.85. The van der Waals surface area contributed by atoms with Crippen LogP contribution in [0.4, 0.5) is 18.9 Å². The van der Waals surface area contributed by atoms with Gasteiger partial charge in [-0.25, -0.2) is 0 Å². The van der Waals surface area contributed by atoms with Crippen molar-refractivity contribution in [2.45, 2.75) is 31.9 Å². The van der Waals surface area contributed by atoms with Gasteiger partial charge in [0.2, 0.25) is 0 Å². The molecular weight excluding hydrogens is 291 g/mol. The second kappa shape index (κ2) is 5.64. The van der Waals surface area contributed by atoms with Gasteiger partial charge in [-0.1, -0.05) is 11.6 Å². The van der Waals surface area contributed by atoms with Gasteiger partial charge in [-0.05, 0) is 43.9 Å². The fraction of sp³-hybridized carbons (Fsp3) is 0.500. The number of hydrogen-bond acceptors (Lipinski definition) is 2. The Hall–Kier alpha value is -1.23. The molecule has 0 aromatic heterocycles. The Bertz CT molecular complexity index is 508. The predicted octanol–water partition coefficient (Wildman–Crippen LogP) is 4.47. The van der Waals surface area contributed by atoms with E-state index in [9.17, 15) is 18.0 Å². The lowest BCUT2D eigenvalue weighted by Gasteiger charge is -2.29. The van der Waals surface area contributed by atoms with Gasteiger partial charge in [0.05, 0.1) is 10.9 Å². The van der Waals surface area contributed by atoms with Crippen molar-refractivity contribution >= 4 is 23.1 Å². The van der Waals surface area contributed by atoms with Crippen LogP contribution in [0.15, 0.2) is 18.2 Å². The fourth-order valence-electron chi connectivity index (χ4n) is 2.63. The van der Waals surface area contributed by atoms with E-state index in [2.05, 4.69) is 0 Å². The van der Waals surface area contributed by atoms with Crippen molar-refractivity contribution in [1.82, 2.24) is 0 Å². The minimum Gasteiger partial charge on any atom is -0.399 e. The molecule has 1 saturated carbocycles. The van der Waals surface area contributed by atoms with Gasteiger partial charge in [-0.2, -0.15) is 13.2 Å². The maximum atomic E-state index is 12.6. The number of anilines is 1. The smallest absolute Gasteiger partial charge is 0.391 e. The number of Topliss-reactive ketones (excluding diaryl/α,β-unsaturated/α-hetero) is 1. The standard InChI is InChI=1S/C14H15ClF3NO/c15-12-7-10(19)5-6-11(12)13(20)8-1-3-9(4-2-8)14(16,17)18/h5-9H,1-4,19H2.